The molecule has 0 aromatic heterocycles. The molecule has 0 aliphatic carbocycles. The summed E-state index contributed by atoms with van der Waals surface area (Å²) in [5.41, 5.74) is 2.85. The number of esters is 1. The Kier molecular flexibility index (Phi) is 8.72. The zero-order valence-electron chi connectivity index (χ0n) is 20.3. The molecule has 3 rings (SSSR count). The van der Waals surface area contributed by atoms with Crippen molar-refractivity contribution in [1.29, 1.82) is 0 Å². The minimum absolute atomic E-state index is 0.309. The van der Waals surface area contributed by atoms with Gasteiger partial charge in [0, 0.05) is 19.2 Å². The van der Waals surface area contributed by atoms with Crippen molar-refractivity contribution in [3.05, 3.63) is 59.2 Å². The van der Waals surface area contributed by atoms with Crippen molar-refractivity contribution in [3.8, 4) is 17.2 Å². The molecular formula is C26H30N2O7. The standard InChI is InChI=1S/C26H30N2O7/c1-17(27-24(29)10-7-18-5-8-21(32-2)9-6-18)26(31)35-16-25(30)28-12-11-19-13-22(33-3)23(34-4)14-20(19)15-28/h5-10,13-14,17H,11-12,15-16H2,1-4H3,(H,27,29)/b10-7+/t17-/m0/s1. The van der Waals surface area contributed by atoms with Crippen LogP contribution in [-0.4, -0.2) is 63.2 Å². The molecule has 2 amide bonds. The molecule has 0 saturated heterocycles. The van der Waals surface area contributed by atoms with Crippen LogP contribution in [0.2, 0.25) is 0 Å². The van der Waals surface area contributed by atoms with E-state index in [0.717, 1.165) is 16.7 Å². The maximum atomic E-state index is 12.6. The minimum atomic E-state index is -0.908. The van der Waals surface area contributed by atoms with E-state index in [9.17, 15) is 14.4 Å². The van der Waals surface area contributed by atoms with E-state index in [1.54, 1.807) is 56.6 Å². The summed E-state index contributed by atoms with van der Waals surface area (Å²) in [6, 6.07) is 10.0. The predicted molar refractivity (Wildman–Crippen MR) is 129 cm³/mol. The van der Waals surface area contributed by atoms with Gasteiger partial charge in [0.05, 0.1) is 21.3 Å². The van der Waals surface area contributed by atoms with Crippen molar-refractivity contribution in [1.82, 2.24) is 10.2 Å². The molecule has 0 spiro atoms. The van der Waals surface area contributed by atoms with Gasteiger partial charge in [-0.15, -0.1) is 0 Å². The number of hydrogen-bond donors (Lipinski definition) is 1. The van der Waals surface area contributed by atoms with E-state index in [4.69, 9.17) is 18.9 Å². The highest BCUT2D eigenvalue weighted by atomic mass is 16.5. The van der Waals surface area contributed by atoms with Gasteiger partial charge < -0.3 is 29.2 Å². The molecule has 1 atom stereocenters. The van der Waals surface area contributed by atoms with E-state index in [-0.39, 0.29) is 5.91 Å². The maximum Gasteiger partial charge on any atom is 0.328 e. The lowest BCUT2D eigenvalue weighted by Gasteiger charge is -2.29. The molecule has 186 valence electrons. The van der Waals surface area contributed by atoms with Gasteiger partial charge in [-0.25, -0.2) is 4.79 Å². The molecule has 1 aliphatic rings. The van der Waals surface area contributed by atoms with E-state index in [1.165, 1.54) is 13.0 Å². The molecule has 0 saturated carbocycles. The Morgan fingerprint density at radius 3 is 2.29 bits per heavy atom. The molecule has 9 nitrogen and oxygen atoms in total. The first-order valence-corrected chi connectivity index (χ1v) is 11.2. The molecule has 1 aliphatic heterocycles. The van der Waals surface area contributed by atoms with E-state index in [0.29, 0.717) is 36.8 Å². The molecule has 1 heterocycles. The summed E-state index contributed by atoms with van der Waals surface area (Å²) in [6.07, 6.45) is 3.60. The highest BCUT2D eigenvalue weighted by molar-refractivity contribution is 5.94. The lowest BCUT2D eigenvalue weighted by molar-refractivity contribution is -0.154. The normalized spacial score (nSPS) is 13.5. The summed E-state index contributed by atoms with van der Waals surface area (Å²) in [7, 11) is 4.72. The van der Waals surface area contributed by atoms with Gasteiger partial charge in [-0.2, -0.15) is 0 Å². The highest BCUT2D eigenvalue weighted by Gasteiger charge is 2.24. The molecule has 9 heteroatoms. The molecule has 1 N–H and O–H groups in total. The lowest BCUT2D eigenvalue weighted by Crippen LogP contribution is -2.42. The Balaban J connectivity index is 1.47. The van der Waals surface area contributed by atoms with Crippen LogP contribution < -0.4 is 19.5 Å². The molecule has 0 radical (unpaired) electrons. The lowest BCUT2D eigenvalue weighted by atomic mass is 9.99. The Hall–Kier alpha value is -4.01. The number of hydrogen-bond acceptors (Lipinski definition) is 7. The van der Waals surface area contributed by atoms with E-state index in [1.807, 2.05) is 12.1 Å². The van der Waals surface area contributed by atoms with Crippen LogP contribution in [0, 0.1) is 0 Å². The number of fused-ring (bicyclic) bond motifs is 1. The van der Waals surface area contributed by atoms with Gasteiger partial charge in [0.1, 0.15) is 11.8 Å². The summed E-state index contributed by atoms with van der Waals surface area (Å²) >= 11 is 0. The van der Waals surface area contributed by atoms with Gasteiger partial charge in [0.15, 0.2) is 18.1 Å². The molecular weight excluding hydrogens is 452 g/mol. The van der Waals surface area contributed by atoms with Gasteiger partial charge in [-0.1, -0.05) is 12.1 Å². The second-order valence-electron chi connectivity index (χ2n) is 7.99. The third-order valence-corrected chi connectivity index (χ3v) is 5.66. The number of ether oxygens (including phenoxy) is 4. The number of benzene rings is 2. The fourth-order valence-corrected chi connectivity index (χ4v) is 3.65. The Morgan fingerprint density at radius 2 is 1.66 bits per heavy atom. The summed E-state index contributed by atoms with van der Waals surface area (Å²) in [6.45, 7) is 1.99. The third-order valence-electron chi connectivity index (χ3n) is 5.66. The van der Waals surface area contributed by atoms with Gasteiger partial charge >= 0.3 is 5.97 Å². The van der Waals surface area contributed by atoms with Crippen LogP contribution in [-0.2, 0) is 32.1 Å². The van der Waals surface area contributed by atoms with Gasteiger partial charge in [-0.3, -0.25) is 9.59 Å². The average molecular weight is 483 g/mol. The average Bonchev–Trinajstić information content (AvgIpc) is 2.89. The smallest absolute Gasteiger partial charge is 0.328 e. The molecule has 0 fully saturated rings. The van der Waals surface area contributed by atoms with Crippen molar-refractivity contribution in [2.75, 3.05) is 34.5 Å². The van der Waals surface area contributed by atoms with Crippen LogP contribution in [0.4, 0.5) is 0 Å². The van der Waals surface area contributed by atoms with Crippen LogP contribution in [0.15, 0.2) is 42.5 Å². The van der Waals surface area contributed by atoms with Crippen molar-refractivity contribution in [2.24, 2.45) is 0 Å². The molecule has 35 heavy (non-hydrogen) atoms. The monoisotopic (exact) mass is 482 g/mol. The number of amides is 2. The van der Waals surface area contributed by atoms with Gasteiger partial charge in [0.2, 0.25) is 5.91 Å². The molecule has 0 unspecified atom stereocenters. The van der Waals surface area contributed by atoms with E-state index >= 15 is 0 Å². The predicted octanol–water partition coefficient (Wildman–Crippen LogP) is 2.36. The number of rotatable bonds is 9. The number of carbonyl (C=O) groups is 3. The molecule has 2 aromatic carbocycles. The van der Waals surface area contributed by atoms with Crippen LogP contribution in [0.1, 0.15) is 23.6 Å². The third kappa shape index (κ3) is 6.75. The number of methoxy groups -OCH3 is 3. The molecule has 0 bridgehead atoms. The number of nitrogens with one attached hydrogen (secondary N) is 1. The highest BCUT2D eigenvalue weighted by Crippen LogP contribution is 2.33. The topological polar surface area (TPSA) is 103 Å². The van der Waals surface area contributed by atoms with Crippen molar-refractivity contribution in [3.63, 3.8) is 0 Å². The minimum Gasteiger partial charge on any atom is -0.497 e. The quantitative estimate of drug-likeness (QED) is 0.432. The van der Waals surface area contributed by atoms with Crippen molar-refractivity contribution < 1.29 is 33.3 Å². The number of carbonyl (C=O) groups excluding carboxylic acids is 3. The first-order valence-electron chi connectivity index (χ1n) is 11.2. The SMILES string of the molecule is COc1ccc(/C=C/C(=O)N[C@@H](C)C(=O)OCC(=O)N2CCc3cc(OC)c(OC)cc3C2)cc1. The summed E-state index contributed by atoms with van der Waals surface area (Å²) < 4.78 is 20.9. The van der Waals surface area contributed by atoms with Crippen molar-refractivity contribution >= 4 is 23.9 Å². The largest absolute Gasteiger partial charge is 0.497 e. The van der Waals surface area contributed by atoms with Crippen molar-refractivity contribution in [2.45, 2.75) is 25.9 Å². The summed E-state index contributed by atoms with van der Waals surface area (Å²) in [5, 5.41) is 2.54. The molecule has 2 aromatic rings. The Morgan fingerprint density at radius 1 is 1.00 bits per heavy atom. The van der Waals surface area contributed by atoms with Crippen LogP contribution in [0.3, 0.4) is 0 Å². The zero-order valence-corrected chi connectivity index (χ0v) is 20.3. The van der Waals surface area contributed by atoms with Crippen LogP contribution in [0.25, 0.3) is 6.08 Å². The maximum absolute atomic E-state index is 12.6. The second kappa shape index (κ2) is 11.9. The van der Waals surface area contributed by atoms with Gasteiger partial charge in [-0.05, 0) is 60.4 Å². The first kappa shape index (κ1) is 25.6. The van der Waals surface area contributed by atoms with Gasteiger partial charge in [0.25, 0.3) is 5.91 Å². The fraction of sp³-hybridized carbons (Fsp3) is 0.346. The summed E-state index contributed by atoms with van der Waals surface area (Å²) in [5.74, 6) is 0.511. The number of nitrogens with zero attached hydrogens (tertiary/aromatic N) is 1. The van der Waals surface area contributed by atoms with Crippen LogP contribution >= 0.6 is 0 Å². The Bertz CT molecular complexity index is 1100. The fourth-order valence-electron chi connectivity index (χ4n) is 3.65. The zero-order chi connectivity index (χ0) is 25.4. The van der Waals surface area contributed by atoms with E-state index < -0.39 is 24.5 Å². The first-order chi connectivity index (χ1) is 16.8. The Labute approximate surface area is 204 Å². The van der Waals surface area contributed by atoms with Crippen LogP contribution in [0.5, 0.6) is 17.2 Å². The second-order valence-corrected chi connectivity index (χ2v) is 7.99. The van der Waals surface area contributed by atoms with E-state index in [2.05, 4.69) is 5.32 Å². The summed E-state index contributed by atoms with van der Waals surface area (Å²) in [4.78, 5) is 38.7.